The molecule has 2 aliphatic rings. The van der Waals surface area contributed by atoms with Gasteiger partial charge in [-0.15, -0.1) is 10.2 Å². The number of anilines is 1. The highest BCUT2D eigenvalue weighted by Crippen LogP contribution is 2.36. The fraction of sp³-hybridized carbons (Fsp3) is 0.400. The molecule has 0 unspecified atom stereocenters. The number of likely N-dealkylation sites (N-methyl/N-ethyl adjacent to an activating group) is 1. The van der Waals surface area contributed by atoms with Crippen LogP contribution in [0.4, 0.5) is 5.82 Å². The number of pyridine rings is 2. The first kappa shape index (κ1) is 28.3. The Morgan fingerprint density at radius 3 is 2.69 bits per heavy atom. The maximum Gasteiger partial charge on any atom is 0.304 e. The van der Waals surface area contributed by atoms with Crippen LogP contribution in [0.15, 0.2) is 53.7 Å². The Morgan fingerprint density at radius 2 is 1.90 bits per heavy atom. The number of hydrogen-bond donors (Lipinski definition) is 1. The predicted octanol–water partition coefficient (Wildman–Crippen LogP) is 2.98. The number of hydrogen-bond acceptors (Lipinski definition) is 8. The second-order valence-corrected chi connectivity index (χ2v) is 13.3. The average Bonchev–Trinajstić information content (AvgIpc) is 3.30. The molecule has 1 N–H and O–H groups in total. The quantitative estimate of drug-likeness (QED) is 0.361. The van der Waals surface area contributed by atoms with Gasteiger partial charge < -0.3 is 14.9 Å². The van der Waals surface area contributed by atoms with E-state index in [1.807, 2.05) is 55.6 Å². The third kappa shape index (κ3) is 4.93. The van der Waals surface area contributed by atoms with Crippen LogP contribution in [0, 0.1) is 20.8 Å². The zero-order valence-electron chi connectivity index (χ0n) is 24.2. The molecule has 220 valence electrons. The maximum absolute atomic E-state index is 14.1. The number of carbonyl (C=O) groups is 1. The lowest BCUT2D eigenvalue weighted by atomic mass is 9.85. The van der Waals surface area contributed by atoms with Crippen molar-refractivity contribution >= 4 is 27.5 Å². The molecular formula is C30H35N7O4S. The minimum atomic E-state index is -3.84. The van der Waals surface area contributed by atoms with Crippen LogP contribution >= 0.6 is 0 Å². The van der Waals surface area contributed by atoms with Crippen molar-refractivity contribution in [1.82, 2.24) is 28.8 Å². The number of benzene rings is 1. The van der Waals surface area contributed by atoms with Gasteiger partial charge in [-0.3, -0.25) is 9.20 Å². The summed E-state index contributed by atoms with van der Waals surface area (Å²) in [5.74, 6) is -0.0957. The van der Waals surface area contributed by atoms with Gasteiger partial charge in [0.15, 0.2) is 5.65 Å². The summed E-state index contributed by atoms with van der Waals surface area (Å²) in [6, 6.07) is 11.1. The Balaban J connectivity index is 1.40. The number of rotatable bonds is 6. The predicted molar refractivity (Wildman–Crippen MR) is 158 cm³/mol. The molecule has 12 heteroatoms. The van der Waals surface area contributed by atoms with Gasteiger partial charge in [0.25, 0.3) is 0 Å². The molecule has 0 aliphatic carbocycles. The number of piperazine rings is 1. The van der Waals surface area contributed by atoms with Gasteiger partial charge in [0.05, 0.1) is 12.5 Å². The normalized spacial score (nSPS) is 19.7. The first-order valence-corrected chi connectivity index (χ1v) is 15.5. The molecule has 6 rings (SSSR count). The molecule has 0 bridgehead atoms. The molecule has 0 amide bonds. The number of sulfonamides is 1. The molecule has 0 spiro atoms. The molecule has 0 radical (unpaired) electrons. The van der Waals surface area contributed by atoms with Crippen molar-refractivity contribution in [3.63, 3.8) is 0 Å². The van der Waals surface area contributed by atoms with Crippen molar-refractivity contribution in [1.29, 1.82) is 0 Å². The fourth-order valence-electron chi connectivity index (χ4n) is 6.31. The van der Waals surface area contributed by atoms with Crippen molar-refractivity contribution in [2.24, 2.45) is 0 Å². The molecule has 1 saturated heterocycles. The number of carboxylic acids is 1. The van der Waals surface area contributed by atoms with E-state index in [1.165, 1.54) is 0 Å². The van der Waals surface area contributed by atoms with Gasteiger partial charge in [0, 0.05) is 51.0 Å². The summed E-state index contributed by atoms with van der Waals surface area (Å²) in [6.45, 7) is 8.53. The highest BCUT2D eigenvalue weighted by Gasteiger charge is 2.40. The lowest BCUT2D eigenvalue weighted by molar-refractivity contribution is -0.137. The Kier molecular flexibility index (Phi) is 7.24. The first-order chi connectivity index (χ1) is 20.0. The third-order valence-electron chi connectivity index (χ3n) is 8.66. The number of aliphatic carboxylic acids is 1. The summed E-state index contributed by atoms with van der Waals surface area (Å²) < 4.78 is 31.6. The number of aromatic nitrogens is 4. The summed E-state index contributed by atoms with van der Waals surface area (Å²) in [7, 11) is -1.79. The second-order valence-electron chi connectivity index (χ2n) is 11.4. The van der Waals surface area contributed by atoms with E-state index < -0.39 is 21.9 Å². The molecule has 3 aromatic heterocycles. The zero-order valence-corrected chi connectivity index (χ0v) is 25.0. The van der Waals surface area contributed by atoms with Crippen LogP contribution < -0.4 is 4.90 Å². The van der Waals surface area contributed by atoms with E-state index in [0.717, 1.165) is 46.7 Å². The smallest absolute Gasteiger partial charge is 0.304 e. The first-order valence-electron chi connectivity index (χ1n) is 14.1. The molecule has 0 saturated carbocycles. The lowest BCUT2D eigenvalue weighted by Gasteiger charge is -2.40. The molecule has 2 aliphatic heterocycles. The summed E-state index contributed by atoms with van der Waals surface area (Å²) in [5, 5.41) is 18.4. The van der Waals surface area contributed by atoms with Crippen molar-refractivity contribution < 1.29 is 18.3 Å². The van der Waals surface area contributed by atoms with Gasteiger partial charge in [-0.05, 0) is 73.8 Å². The standard InChI is InChI=1S/C30H35N7O4S/c1-19-7-8-22(26(15-28(38)39)25-9-11-36-21(3)32-33-29(36)20(25)2)14-23(19)16-35-18-24-17-34(4)12-13-37(24)30-27(42(35,40)41)6-5-10-31-30/h5-11,14,24,26H,12-13,15-18H2,1-4H3,(H,38,39)/t24-,26-/m1/s1. The molecule has 4 aromatic rings. The van der Waals surface area contributed by atoms with Gasteiger partial charge in [-0.25, -0.2) is 13.4 Å². The van der Waals surface area contributed by atoms with Crippen LogP contribution in [0.5, 0.6) is 0 Å². The molecular weight excluding hydrogens is 554 g/mol. The SMILES string of the molecule is Cc1ccc([C@@H](CC(=O)O)c2ccn3c(C)nnc3c2C)cc1CN1C[C@H]2CN(C)CCN2c2ncccc2S1(=O)=O. The second kappa shape index (κ2) is 10.8. The zero-order chi connectivity index (χ0) is 29.8. The van der Waals surface area contributed by atoms with E-state index in [-0.39, 0.29) is 23.9 Å². The van der Waals surface area contributed by atoms with Crippen LogP contribution in [-0.2, 0) is 21.4 Å². The molecule has 2 atom stereocenters. The van der Waals surface area contributed by atoms with Gasteiger partial charge in [-0.1, -0.05) is 18.2 Å². The maximum atomic E-state index is 14.1. The van der Waals surface area contributed by atoms with E-state index in [1.54, 1.807) is 22.6 Å². The Hall–Kier alpha value is -3.87. The molecule has 5 heterocycles. The van der Waals surface area contributed by atoms with Crippen LogP contribution in [0.2, 0.25) is 0 Å². The minimum Gasteiger partial charge on any atom is -0.481 e. The molecule has 1 fully saturated rings. The Labute approximate surface area is 245 Å². The molecule has 1 aromatic carbocycles. The minimum absolute atomic E-state index is 0.0427. The van der Waals surface area contributed by atoms with E-state index in [0.29, 0.717) is 24.6 Å². The topological polar surface area (TPSA) is 124 Å². The molecule has 42 heavy (non-hydrogen) atoms. The summed E-state index contributed by atoms with van der Waals surface area (Å²) in [4.78, 5) is 21.2. The average molecular weight is 590 g/mol. The summed E-state index contributed by atoms with van der Waals surface area (Å²) in [5.41, 5.74) is 5.01. The monoisotopic (exact) mass is 589 g/mol. The lowest BCUT2D eigenvalue weighted by Crippen LogP contribution is -2.55. The van der Waals surface area contributed by atoms with Crippen LogP contribution in [0.3, 0.4) is 0 Å². The van der Waals surface area contributed by atoms with E-state index in [2.05, 4.69) is 32.0 Å². The van der Waals surface area contributed by atoms with Gasteiger partial charge in [-0.2, -0.15) is 4.31 Å². The third-order valence-corrected chi connectivity index (χ3v) is 10.5. The summed E-state index contributed by atoms with van der Waals surface area (Å²) >= 11 is 0. The van der Waals surface area contributed by atoms with Crippen LogP contribution in [-0.4, -0.2) is 87.5 Å². The van der Waals surface area contributed by atoms with Gasteiger partial charge in [0.2, 0.25) is 10.0 Å². The van der Waals surface area contributed by atoms with Crippen molar-refractivity contribution in [2.45, 2.75) is 50.6 Å². The van der Waals surface area contributed by atoms with Crippen LogP contribution in [0.1, 0.15) is 46.0 Å². The van der Waals surface area contributed by atoms with Crippen molar-refractivity contribution in [2.75, 3.05) is 38.1 Å². The number of nitrogens with zero attached hydrogens (tertiary/aromatic N) is 7. The summed E-state index contributed by atoms with van der Waals surface area (Å²) in [6.07, 6.45) is 3.41. The number of aryl methyl sites for hydroxylation is 3. The van der Waals surface area contributed by atoms with Crippen molar-refractivity contribution in [3.8, 4) is 0 Å². The van der Waals surface area contributed by atoms with E-state index in [4.69, 9.17) is 0 Å². The Morgan fingerprint density at radius 1 is 1.10 bits per heavy atom. The molecule has 11 nitrogen and oxygen atoms in total. The van der Waals surface area contributed by atoms with Crippen molar-refractivity contribution in [3.05, 3.63) is 82.4 Å². The highest BCUT2D eigenvalue weighted by atomic mass is 32.2. The highest BCUT2D eigenvalue weighted by molar-refractivity contribution is 7.89. The number of carboxylic acid groups (broad SMARTS) is 1. The van der Waals surface area contributed by atoms with Gasteiger partial charge >= 0.3 is 5.97 Å². The Bertz CT molecular complexity index is 1790. The fourth-order valence-corrected chi connectivity index (χ4v) is 7.91. The van der Waals surface area contributed by atoms with E-state index >= 15 is 0 Å². The van der Waals surface area contributed by atoms with Crippen LogP contribution in [0.25, 0.3) is 5.65 Å². The van der Waals surface area contributed by atoms with E-state index in [9.17, 15) is 18.3 Å². The number of fused-ring (bicyclic) bond motifs is 4. The van der Waals surface area contributed by atoms with Gasteiger partial charge in [0.1, 0.15) is 16.5 Å². The largest absolute Gasteiger partial charge is 0.481 e.